The van der Waals surface area contributed by atoms with E-state index in [0.29, 0.717) is 19.6 Å². The van der Waals surface area contributed by atoms with Crippen molar-refractivity contribution in [2.75, 3.05) is 13.2 Å². The van der Waals surface area contributed by atoms with Crippen molar-refractivity contribution in [3.8, 4) is 0 Å². The fourth-order valence-electron chi connectivity index (χ4n) is 2.29. The molecule has 1 heterocycles. The van der Waals surface area contributed by atoms with Gasteiger partial charge in [-0.05, 0) is 40.5 Å². The molecule has 6 heteroatoms. The van der Waals surface area contributed by atoms with E-state index in [2.05, 4.69) is 0 Å². The molecule has 0 bridgehead atoms. The Hall–Kier alpha value is -1.14. The van der Waals surface area contributed by atoms with Gasteiger partial charge in [-0.3, -0.25) is 14.5 Å². The fraction of sp³-hybridized carbons (Fsp3) is 0.857. The summed E-state index contributed by atoms with van der Waals surface area (Å²) in [4.78, 5) is 25.1. The van der Waals surface area contributed by atoms with E-state index in [1.165, 1.54) is 0 Å². The van der Waals surface area contributed by atoms with Gasteiger partial charge >= 0.3 is 11.9 Å². The number of carbonyl (C=O) groups excluding carboxylic acids is 2. The lowest BCUT2D eigenvalue weighted by Gasteiger charge is -2.28. The lowest BCUT2D eigenvalue weighted by Crippen LogP contribution is -2.45. The number of ether oxygens (including phenoxy) is 2. The third-order valence-corrected chi connectivity index (χ3v) is 3.00. The van der Waals surface area contributed by atoms with Crippen LogP contribution in [0.2, 0.25) is 0 Å². The number of rotatable bonds is 5. The van der Waals surface area contributed by atoms with Gasteiger partial charge in [0.2, 0.25) is 0 Å². The predicted octanol–water partition coefficient (Wildman–Crippen LogP) is 1.06. The number of aliphatic hydroxyl groups excluding tert-OH is 1. The molecular formula is C14H25NO5. The van der Waals surface area contributed by atoms with Crippen LogP contribution in [-0.2, 0) is 19.1 Å². The van der Waals surface area contributed by atoms with Gasteiger partial charge in [0.05, 0.1) is 13.0 Å². The Morgan fingerprint density at radius 3 is 2.60 bits per heavy atom. The molecule has 0 aromatic rings. The van der Waals surface area contributed by atoms with Gasteiger partial charge in [0.15, 0.2) is 0 Å². The first-order valence-electron chi connectivity index (χ1n) is 7.07. The third kappa shape index (κ3) is 5.09. The minimum atomic E-state index is -1.01. The van der Waals surface area contributed by atoms with Crippen LogP contribution in [0.3, 0.4) is 0 Å². The molecule has 0 aromatic carbocycles. The predicted molar refractivity (Wildman–Crippen MR) is 72.8 cm³/mol. The maximum absolute atomic E-state index is 11.8. The normalized spacial score (nSPS) is 21.6. The average Bonchev–Trinajstić information content (AvgIpc) is 2.75. The number of aliphatic hydroxyl groups is 1. The second-order valence-corrected chi connectivity index (χ2v) is 5.92. The summed E-state index contributed by atoms with van der Waals surface area (Å²) in [6.07, 6.45) is 0.286. The van der Waals surface area contributed by atoms with Crippen LogP contribution >= 0.6 is 0 Å². The molecule has 0 radical (unpaired) electrons. The van der Waals surface area contributed by atoms with Crippen molar-refractivity contribution in [2.45, 2.75) is 64.8 Å². The molecule has 1 N–H and O–H groups in total. The number of hydrogen-bond donors (Lipinski definition) is 1. The van der Waals surface area contributed by atoms with Crippen molar-refractivity contribution in [3.63, 3.8) is 0 Å². The van der Waals surface area contributed by atoms with Gasteiger partial charge in [-0.15, -0.1) is 0 Å². The molecule has 0 saturated carbocycles. The van der Waals surface area contributed by atoms with Crippen LogP contribution in [0.1, 0.15) is 47.0 Å². The van der Waals surface area contributed by atoms with Crippen molar-refractivity contribution in [1.29, 1.82) is 0 Å². The second-order valence-electron chi connectivity index (χ2n) is 5.92. The van der Waals surface area contributed by atoms with E-state index in [0.717, 1.165) is 6.42 Å². The van der Waals surface area contributed by atoms with Crippen molar-refractivity contribution in [3.05, 3.63) is 0 Å². The summed E-state index contributed by atoms with van der Waals surface area (Å²) in [5.41, 5.74) is -0.581. The zero-order chi connectivity index (χ0) is 15.3. The van der Waals surface area contributed by atoms with Gasteiger partial charge in [0.25, 0.3) is 0 Å². The van der Waals surface area contributed by atoms with E-state index in [-0.39, 0.29) is 12.4 Å². The Labute approximate surface area is 120 Å². The summed E-state index contributed by atoms with van der Waals surface area (Å²) in [6.45, 7) is 7.95. The summed E-state index contributed by atoms with van der Waals surface area (Å²) < 4.78 is 10.2. The maximum Gasteiger partial charge on any atom is 0.323 e. The highest BCUT2D eigenvalue weighted by Crippen LogP contribution is 2.22. The molecule has 1 rings (SSSR count). The number of nitrogens with zero attached hydrogens (tertiary/aromatic N) is 1. The molecule has 2 atom stereocenters. The number of esters is 2. The lowest BCUT2D eigenvalue weighted by atomic mass is 10.2. The van der Waals surface area contributed by atoms with Gasteiger partial charge in [-0.2, -0.15) is 0 Å². The van der Waals surface area contributed by atoms with E-state index in [1.54, 1.807) is 32.6 Å². The van der Waals surface area contributed by atoms with Crippen LogP contribution in [0.5, 0.6) is 0 Å². The van der Waals surface area contributed by atoms with Crippen molar-refractivity contribution in [1.82, 2.24) is 4.90 Å². The monoisotopic (exact) mass is 287 g/mol. The standard InChI is InChI=1S/C14H25NO5/c1-5-19-13(18)10-7-6-8-15(10)11(16)9-12(17)20-14(2,3)4/h10-11,16H,5-9H2,1-4H3. The van der Waals surface area contributed by atoms with Gasteiger partial charge in [0, 0.05) is 6.54 Å². The van der Waals surface area contributed by atoms with Crippen molar-refractivity contribution >= 4 is 11.9 Å². The van der Waals surface area contributed by atoms with E-state index in [1.807, 2.05) is 0 Å². The molecule has 1 aliphatic heterocycles. The van der Waals surface area contributed by atoms with Crippen LogP contribution in [0.4, 0.5) is 0 Å². The number of likely N-dealkylation sites (tertiary alicyclic amines) is 1. The molecule has 0 aromatic heterocycles. The van der Waals surface area contributed by atoms with E-state index in [4.69, 9.17) is 9.47 Å². The van der Waals surface area contributed by atoms with Crippen LogP contribution in [-0.4, -0.2) is 53.0 Å². The van der Waals surface area contributed by atoms with E-state index < -0.39 is 23.8 Å². The molecule has 0 aliphatic carbocycles. The molecule has 1 aliphatic rings. The Bertz CT molecular complexity index is 350. The number of carbonyl (C=O) groups is 2. The molecule has 20 heavy (non-hydrogen) atoms. The van der Waals surface area contributed by atoms with Gasteiger partial charge < -0.3 is 14.6 Å². The molecule has 0 amide bonds. The van der Waals surface area contributed by atoms with Gasteiger partial charge in [-0.1, -0.05) is 0 Å². The summed E-state index contributed by atoms with van der Waals surface area (Å²) in [5, 5.41) is 10.1. The topological polar surface area (TPSA) is 76.1 Å². The third-order valence-electron chi connectivity index (χ3n) is 3.00. The molecular weight excluding hydrogens is 262 g/mol. The fourth-order valence-corrected chi connectivity index (χ4v) is 2.29. The summed E-state index contributed by atoms with van der Waals surface area (Å²) >= 11 is 0. The quantitative estimate of drug-likeness (QED) is 0.762. The molecule has 1 fully saturated rings. The van der Waals surface area contributed by atoms with Gasteiger partial charge in [0.1, 0.15) is 17.9 Å². The highest BCUT2D eigenvalue weighted by atomic mass is 16.6. The van der Waals surface area contributed by atoms with Crippen LogP contribution in [0.15, 0.2) is 0 Å². The highest BCUT2D eigenvalue weighted by molar-refractivity contribution is 5.76. The molecule has 6 nitrogen and oxygen atoms in total. The van der Waals surface area contributed by atoms with E-state index in [9.17, 15) is 14.7 Å². The van der Waals surface area contributed by atoms with E-state index >= 15 is 0 Å². The maximum atomic E-state index is 11.8. The van der Waals surface area contributed by atoms with Gasteiger partial charge in [-0.25, -0.2) is 0 Å². The largest absolute Gasteiger partial charge is 0.465 e. The summed E-state index contributed by atoms with van der Waals surface area (Å²) in [5.74, 6) is -0.812. The highest BCUT2D eigenvalue weighted by Gasteiger charge is 2.36. The first kappa shape index (κ1) is 16.9. The average molecular weight is 287 g/mol. The minimum Gasteiger partial charge on any atom is -0.465 e. The minimum absolute atomic E-state index is 0.146. The summed E-state index contributed by atoms with van der Waals surface area (Å²) in [6, 6.07) is -0.465. The van der Waals surface area contributed by atoms with Crippen LogP contribution in [0.25, 0.3) is 0 Å². The lowest BCUT2D eigenvalue weighted by molar-refractivity contribution is -0.164. The van der Waals surface area contributed by atoms with Crippen LogP contribution < -0.4 is 0 Å². The SMILES string of the molecule is CCOC(=O)C1CCCN1C(O)CC(=O)OC(C)(C)C. The molecule has 1 saturated heterocycles. The number of hydrogen-bond acceptors (Lipinski definition) is 6. The summed E-state index contributed by atoms with van der Waals surface area (Å²) in [7, 11) is 0. The molecule has 116 valence electrons. The zero-order valence-electron chi connectivity index (χ0n) is 12.7. The smallest absolute Gasteiger partial charge is 0.323 e. The second kappa shape index (κ2) is 7.04. The Morgan fingerprint density at radius 1 is 1.40 bits per heavy atom. The Kier molecular flexibility index (Phi) is 5.95. The first-order valence-corrected chi connectivity index (χ1v) is 7.07. The van der Waals surface area contributed by atoms with Crippen LogP contribution in [0, 0.1) is 0 Å². The van der Waals surface area contributed by atoms with Crippen molar-refractivity contribution in [2.24, 2.45) is 0 Å². The Morgan fingerprint density at radius 2 is 2.05 bits per heavy atom. The first-order chi connectivity index (χ1) is 9.24. The molecule has 0 spiro atoms. The zero-order valence-corrected chi connectivity index (χ0v) is 12.7. The Balaban J connectivity index is 2.55. The molecule has 2 unspecified atom stereocenters. The van der Waals surface area contributed by atoms with Crippen molar-refractivity contribution < 1.29 is 24.2 Å².